The molecule has 5 nitrogen and oxygen atoms in total. The number of ether oxygens (including phenoxy) is 1. The molecule has 6 heteroatoms. The summed E-state index contributed by atoms with van der Waals surface area (Å²) < 4.78 is 5.45. The number of nitrogens with zero attached hydrogens (tertiary/aromatic N) is 1. The van der Waals surface area contributed by atoms with E-state index in [1.54, 1.807) is 57.3 Å². The van der Waals surface area contributed by atoms with Gasteiger partial charge in [0, 0.05) is 35.7 Å². The predicted molar refractivity (Wildman–Crippen MR) is 125 cm³/mol. The van der Waals surface area contributed by atoms with Crippen LogP contribution in [0.1, 0.15) is 50.7 Å². The number of hydrogen-bond acceptors (Lipinski definition) is 4. The van der Waals surface area contributed by atoms with Crippen LogP contribution in [0.5, 0.6) is 5.75 Å². The van der Waals surface area contributed by atoms with Gasteiger partial charge in [-0.05, 0) is 37.5 Å². The van der Waals surface area contributed by atoms with E-state index in [1.165, 1.54) is 11.0 Å². The quantitative estimate of drug-likeness (QED) is 0.333. The summed E-state index contributed by atoms with van der Waals surface area (Å²) in [5.41, 5.74) is 0.161. The monoisotopic (exact) mass is 453 g/mol. The molecule has 2 aromatic rings. The molecule has 1 saturated carbocycles. The van der Waals surface area contributed by atoms with E-state index in [-0.39, 0.29) is 23.6 Å². The molecule has 0 aromatic heterocycles. The molecule has 0 radical (unpaired) electrons. The number of Topliss-reactive ketones (excluding diaryl/α,β-unsaturated/α-hetero) is 1. The van der Waals surface area contributed by atoms with E-state index in [9.17, 15) is 14.4 Å². The Bertz CT molecular complexity index is 1050. The van der Waals surface area contributed by atoms with Crippen LogP contribution >= 0.6 is 11.6 Å². The standard InChI is InChI=1S/C26H28ClNO4/c1-18(2)25(31)32-22-13-7-4-10-19(22)15-16-24(30)28(3)26(17-9-8-14-23(26)29)20-11-5-6-12-21(20)27/h4-7,10-13,15-16,18H,8-9,14,17H2,1-3H3/b16-15+. The molecule has 0 saturated heterocycles. The van der Waals surface area contributed by atoms with Crippen molar-refractivity contribution in [3.63, 3.8) is 0 Å². The highest BCUT2D eigenvalue weighted by molar-refractivity contribution is 6.31. The number of carbonyl (C=O) groups is 3. The van der Waals surface area contributed by atoms with E-state index in [2.05, 4.69) is 0 Å². The van der Waals surface area contributed by atoms with E-state index in [1.807, 2.05) is 18.2 Å². The van der Waals surface area contributed by atoms with Crippen molar-refractivity contribution in [2.24, 2.45) is 5.92 Å². The van der Waals surface area contributed by atoms with Gasteiger partial charge in [0.1, 0.15) is 11.3 Å². The molecule has 0 aliphatic heterocycles. The van der Waals surface area contributed by atoms with Gasteiger partial charge >= 0.3 is 5.97 Å². The first kappa shape index (κ1) is 23.7. The Labute approximate surface area is 194 Å². The Kier molecular flexibility index (Phi) is 7.52. The molecular formula is C26H28ClNO4. The van der Waals surface area contributed by atoms with Crippen molar-refractivity contribution in [3.8, 4) is 5.75 Å². The number of benzene rings is 2. The second kappa shape index (κ2) is 10.1. The van der Waals surface area contributed by atoms with Gasteiger partial charge in [0.25, 0.3) is 0 Å². The first-order chi connectivity index (χ1) is 15.3. The normalized spacial score (nSPS) is 18.7. The molecule has 32 heavy (non-hydrogen) atoms. The van der Waals surface area contributed by atoms with Crippen LogP contribution in [0.4, 0.5) is 0 Å². The summed E-state index contributed by atoms with van der Waals surface area (Å²) in [5.74, 6) is -0.572. The van der Waals surface area contributed by atoms with Crippen molar-refractivity contribution in [2.45, 2.75) is 45.1 Å². The van der Waals surface area contributed by atoms with E-state index >= 15 is 0 Å². The Morgan fingerprint density at radius 1 is 1.09 bits per heavy atom. The van der Waals surface area contributed by atoms with Gasteiger partial charge in [0.05, 0.1) is 5.92 Å². The first-order valence-corrected chi connectivity index (χ1v) is 11.2. The van der Waals surface area contributed by atoms with Gasteiger partial charge in [-0.1, -0.05) is 61.8 Å². The Balaban J connectivity index is 1.92. The number of esters is 1. The second-order valence-corrected chi connectivity index (χ2v) is 8.72. The maximum absolute atomic E-state index is 13.2. The van der Waals surface area contributed by atoms with Gasteiger partial charge in [-0.3, -0.25) is 14.4 Å². The molecule has 0 spiro atoms. The van der Waals surface area contributed by atoms with Crippen molar-refractivity contribution in [1.29, 1.82) is 0 Å². The fourth-order valence-electron chi connectivity index (χ4n) is 4.03. The zero-order valence-corrected chi connectivity index (χ0v) is 19.4. The fraction of sp³-hybridized carbons (Fsp3) is 0.346. The molecule has 168 valence electrons. The van der Waals surface area contributed by atoms with Crippen molar-refractivity contribution >= 4 is 35.3 Å². The van der Waals surface area contributed by atoms with Gasteiger partial charge < -0.3 is 9.64 Å². The van der Waals surface area contributed by atoms with E-state index < -0.39 is 5.54 Å². The van der Waals surface area contributed by atoms with Crippen molar-refractivity contribution < 1.29 is 19.1 Å². The smallest absolute Gasteiger partial charge is 0.313 e. The third-order valence-corrected chi connectivity index (χ3v) is 6.21. The Morgan fingerprint density at radius 2 is 1.78 bits per heavy atom. The van der Waals surface area contributed by atoms with Crippen molar-refractivity contribution in [2.75, 3.05) is 7.05 Å². The molecule has 1 unspecified atom stereocenters. The number of amides is 1. The molecule has 3 rings (SSSR count). The lowest BCUT2D eigenvalue weighted by Gasteiger charge is -2.43. The summed E-state index contributed by atoms with van der Waals surface area (Å²) >= 11 is 6.47. The maximum atomic E-state index is 13.2. The third-order valence-electron chi connectivity index (χ3n) is 5.88. The highest BCUT2D eigenvalue weighted by Gasteiger charge is 2.47. The molecule has 2 aromatic carbocycles. The molecule has 1 atom stereocenters. The minimum atomic E-state index is -1.10. The van der Waals surface area contributed by atoms with Gasteiger partial charge in [0.15, 0.2) is 5.78 Å². The minimum Gasteiger partial charge on any atom is -0.426 e. The van der Waals surface area contributed by atoms with Crippen LogP contribution in [0.2, 0.25) is 5.02 Å². The van der Waals surface area contributed by atoms with Gasteiger partial charge in [-0.15, -0.1) is 0 Å². The molecular weight excluding hydrogens is 426 g/mol. The Morgan fingerprint density at radius 3 is 2.47 bits per heavy atom. The molecule has 0 heterocycles. The number of ketones is 1. The minimum absolute atomic E-state index is 0.00707. The van der Waals surface area contributed by atoms with E-state index in [4.69, 9.17) is 16.3 Å². The zero-order chi connectivity index (χ0) is 23.3. The highest BCUT2D eigenvalue weighted by Crippen LogP contribution is 2.42. The lowest BCUT2D eigenvalue weighted by atomic mass is 9.74. The third kappa shape index (κ3) is 4.78. The summed E-state index contributed by atoms with van der Waals surface area (Å²) in [6.45, 7) is 3.52. The maximum Gasteiger partial charge on any atom is 0.313 e. The number of likely N-dealkylation sites (N-methyl/N-ethyl adjacent to an activating group) is 1. The van der Waals surface area contributed by atoms with Gasteiger partial charge in [-0.2, -0.15) is 0 Å². The van der Waals surface area contributed by atoms with Crippen LogP contribution in [0.3, 0.4) is 0 Å². The molecule has 1 fully saturated rings. The fourth-order valence-corrected chi connectivity index (χ4v) is 4.32. The van der Waals surface area contributed by atoms with E-state index in [0.717, 1.165) is 12.8 Å². The first-order valence-electron chi connectivity index (χ1n) is 10.8. The lowest BCUT2D eigenvalue weighted by molar-refractivity contribution is -0.144. The molecule has 1 aliphatic rings. The average molecular weight is 454 g/mol. The molecule has 1 aliphatic carbocycles. The van der Waals surface area contributed by atoms with Crippen LogP contribution in [0.25, 0.3) is 6.08 Å². The molecule has 0 bridgehead atoms. The summed E-state index contributed by atoms with van der Waals surface area (Å²) in [7, 11) is 1.64. The summed E-state index contributed by atoms with van der Waals surface area (Å²) in [6, 6.07) is 14.2. The number of hydrogen-bond donors (Lipinski definition) is 0. The largest absolute Gasteiger partial charge is 0.426 e. The number of rotatable bonds is 6. The highest BCUT2D eigenvalue weighted by atomic mass is 35.5. The predicted octanol–water partition coefficient (Wildman–Crippen LogP) is 5.41. The number of halogens is 1. The van der Waals surface area contributed by atoms with Crippen molar-refractivity contribution in [1.82, 2.24) is 4.90 Å². The zero-order valence-electron chi connectivity index (χ0n) is 18.6. The van der Waals surface area contributed by atoms with E-state index in [0.29, 0.717) is 34.7 Å². The number of para-hydroxylation sites is 1. The molecule has 1 amide bonds. The average Bonchev–Trinajstić information content (AvgIpc) is 2.78. The van der Waals surface area contributed by atoms with Crippen LogP contribution in [0.15, 0.2) is 54.6 Å². The van der Waals surface area contributed by atoms with Gasteiger partial charge in [-0.25, -0.2) is 0 Å². The van der Waals surface area contributed by atoms with Crippen LogP contribution in [0, 0.1) is 5.92 Å². The number of carbonyl (C=O) groups excluding carboxylic acids is 3. The lowest BCUT2D eigenvalue weighted by Crippen LogP contribution is -2.53. The van der Waals surface area contributed by atoms with Crippen LogP contribution < -0.4 is 4.74 Å². The van der Waals surface area contributed by atoms with Crippen LogP contribution in [-0.2, 0) is 19.9 Å². The SMILES string of the molecule is CC(C)C(=O)Oc1ccccc1/C=C/C(=O)N(C)C1(c2ccccc2Cl)CCCCC1=O. The molecule has 0 N–H and O–H groups in total. The van der Waals surface area contributed by atoms with Gasteiger partial charge in [0.2, 0.25) is 5.91 Å². The Hall–Kier alpha value is -2.92. The summed E-state index contributed by atoms with van der Waals surface area (Å²) in [5, 5.41) is 0.470. The second-order valence-electron chi connectivity index (χ2n) is 8.31. The summed E-state index contributed by atoms with van der Waals surface area (Å²) in [4.78, 5) is 39.9. The topological polar surface area (TPSA) is 63.7 Å². The summed E-state index contributed by atoms with van der Waals surface area (Å²) in [6.07, 6.45) is 5.57. The van der Waals surface area contributed by atoms with Crippen LogP contribution in [-0.4, -0.2) is 29.6 Å². The van der Waals surface area contributed by atoms with Crippen molar-refractivity contribution in [3.05, 3.63) is 70.8 Å².